The van der Waals surface area contributed by atoms with Crippen molar-refractivity contribution in [1.82, 2.24) is 19.1 Å². The van der Waals surface area contributed by atoms with Crippen molar-refractivity contribution >= 4 is 40.6 Å². The van der Waals surface area contributed by atoms with E-state index in [0.29, 0.717) is 28.8 Å². The lowest BCUT2D eigenvalue weighted by Gasteiger charge is -2.33. The van der Waals surface area contributed by atoms with Crippen LogP contribution < -0.4 is 10.9 Å². The lowest BCUT2D eigenvalue weighted by molar-refractivity contribution is 0.193. The molecule has 146 valence electrons. The molecule has 9 heteroatoms. The number of carbonyl (C=O) groups is 1. The van der Waals surface area contributed by atoms with E-state index in [2.05, 4.69) is 10.4 Å². The molecule has 0 bridgehead atoms. The number of halogens is 2. The zero-order chi connectivity index (χ0) is 19.8. The molecule has 1 fully saturated rings. The summed E-state index contributed by atoms with van der Waals surface area (Å²) in [4.78, 5) is 26.6. The Hall–Kier alpha value is -2.51. The van der Waals surface area contributed by atoms with Crippen molar-refractivity contribution in [2.45, 2.75) is 18.8 Å². The van der Waals surface area contributed by atoms with E-state index >= 15 is 0 Å². The van der Waals surface area contributed by atoms with E-state index in [-0.39, 0.29) is 17.5 Å². The minimum Gasteiger partial charge on any atom is -0.333 e. The summed E-state index contributed by atoms with van der Waals surface area (Å²) >= 11 is 12.0. The van der Waals surface area contributed by atoms with Gasteiger partial charge in [0, 0.05) is 59.6 Å². The van der Waals surface area contributed by atoms with Crippen LogP contribution in [0.15, 0.2) is 41.3 Å². The van der Waals surface area contributed by atoms with Gasteiger partial charge in [-0.15, -0.1) is 0 Å². The molecule has 0 unspecified atom stereocenters. The van der Waals surface area contributed by atoms with Crippen LogP contribution in [0.4, 0.5) is 10.5 Å². The Morgan fingerprint density at radius 1 is 1.14 bits per heavy atom. The first kappa shape index (κ1) is 18.8. The van der Waals surface area contributed by atoms with Crippen LogP contribution in [0.1, 0.15) is 24.5 Å². The number of piperidine rings is 1. The van der Waals surface area contributed by atoms with Crippen LogP contribution >= 0.6 is 23.2 Å². The van der Waals surface area contributed by atoms with Gasteiger partial charge in [-0.25, -0.2) is 4.79 Å². The molecule has 1 saturated heterocycles. The second-order valence-corrected chi connectivity index (χ2v) is 7.79. The number of amides is 2. The fourth-order valence-corrected chi connectivity index (χ4v) is 4.26. The van der Waals surface area contributed by atoms with E-state index in [1.165, 1.54) is 4.52 Å². The molecule has 2 amide bonds. The van der Waals surface area contributed by atoms with Crippen molar-refractivity contribution in [3.8, 4) is 0 Å². The standard InChI is InChI=1S/C19H19Cl2N5O2/c1-24-16(11-18(27)26-17(24)2-5-22-26)12-3-6-25(7-4-12)19(28)23-15-9-13(20)8-14(21)10-15/h2,5,8-12H,3-4,6-7H2,1H3,(H,23,28). The Morgan fingerprint density at radius 3 is 2.50 bits per heavy atom. The highest BCUT2D eigenvalue weighted by Crippen LogP contribution is 2.28. The Bertz CT molecular complexity index is 1080. The summed E-state index contributed by atoms with van der Waals surface area (Å²) in [5.41, 5.74) is 2.17. The number of hydrogen-bond acceptors (Lipinski definition) is 3. The number of hydrogen-bond donors (Lipinski definition) is 1. The number of nitrogens with one attached hydrogen (secondary N) is 1. The van der Waals surface area contributed by atoms with E-state index in [4.69, 9.17) is 23.2 Å². The number of urea groups is 1. The van der Waals surface area contributed by atoms with Crippen molar-refractivity contribution in [1.29, 1.82) is 0 Å². The van der Waals surface area contributed by atoms with Gasteiger partial charge in [-0.3, -0.25) is 4.79 Å². The number of aryl methyl sites for hydroxylation is 1. The summed E-state index contributed by atoms with van der Waals surface area (Å²) in [5.74, 6) is 0.210. The molecule has 2 aromatic heterocycles. The Kier molecular flexibility index (Phi) is 5.03. The fraction of sp³-hybridized carbons (Fsp3) is 0.316. The van der Waals surface area contributed by atoms with Crippen molar-refractivity contribution in [3.05, 3.63) is 62.6 Å². The lowest BCUT2D eigenvalue weighted by atomic mass is 9.93. The van der Waals surface area contributed by atoms with Crippen LogP contribution in [0.5, 0.6) is 0 Å². The van der Waals surface area contributed by atoms with E-state index in [0.717, 1.165) is 24.2 Å². The van der Waals surface area contributed by atoms with Crippen LogP contribution in [0, 0.1) is 0 Å². The van der Waals surface area contributed by atoms with Gasteiger partial charge < -0.3 is 14.8 Å². The van der Waals surface area contributed by atoms with Gasteiger partial charge in [0.05, 0.1) is 6.20 Å². The average Bonchev–Trinajstić information content (AvgIpc) is 3.15. The Labute approximate surface area is 171 Å². The van der Waals surface area contributed by atoms with Gasteiger partial charge >= 0.3 is 6.03 Å². The summed E-state index contributed by atoms with van der Waals surface area (Å²) in [6, 6.07) is 8.23. The average molecular weight is 420 g/mol. The third-order valence-corrected chi connectivity index (χ3v) is 5.58. The van der Waals surface area contributed by atoms with Gasteiger partial charge in [-0.05, 0) is 31.0 Å². The molecule has 0 radical (unpaired) electrons. The Balaban J connectivity index is 1.45. The van der Waals surface area contributed by atoms with E-state index in [9.17, 15) is 9.59 Å². The minimum atomic E-state index is -0.183. The summed E-state index contributed by atoms with van der Waals surface area (Å²) in [6.07, 6.45) is 3.18. The molecule has 1 aromatic carbocycles. The molecule has 0 spiro atoms. The fourth-order valence-electron chi connectivity index (χ4n) is 3.74. The van der Waals surface area contributed by atoms with Crippen LogP contribution in [0.2, 0.25) is 10.0 Å². The number of nitrogens with zero attached hydrogens (tertiary/aromatic N) is 4. The maximum Gasteiger partial charge on any atom is 0.321 e. The lowest BCUT2D eigenvalue weighted by Crippen LogP contribution is -2.41. The monoisotopic (exact) mass is 419 g/mol. The molecule has 0 atom stereocenters. The molecule has 1 N–H and O–H groups in total. The first-order valence-electron chi connectivity index (χ1n) is 8.98. The molecule has 1 aliphatic rings. The van der Waals surface area contributed by atoms with Crippen molar-refractivity contribution in [2.24, 2.45) is 7.05 Å². The van der Waals surface area contributed by atoms with Gasteiger partial charge in [0.1, 0.15) is 5.65 Å². The second-order valence-electron chi connectivity index (χ2n) is 6.92. The predicted molar refractivity (Wildman–Crippen MR) is 109 cm³/mol. The third kappa shape index (κ3) is 3.59. The first-order chi connectivity index (χ1) is 13.4. The van der Waals surface area contributed by atoms with Gasteiger partial charge in [0.2, 0.25) is 0 Å². The molecule has 7 nitrogen and oxygen atoms in total. The number of benzene rings is 1. The molecule has 1 aliphatic heterocycles. The molecule has 0 aliphatic carbocycles. The number of carbonyl (C=O) groups excluding carboxylic acids is 1. The normalized spacial score (nSPS) is 15.2. The van der Waals surface area contributed by atoms with Crippen molar-refractivity contribution < 1.29 is 4.79 Å². The third-order valence-electron chi connectivity index (χ3n) is 5.15. The summed E-state index contributed by atoms with van der Waals surface area (Å²) in [6.45, 7) is 1.20. The van der Waals surface area contributed by atoms with E-state index in [1.54, 1.807) is 35.4 Å². The van der Waals surface area contributed by atoms with E-state index < -0.39 is 0 Å². The SMILES string of the molecule is Cn1c(C2CCN(C(=O)Nc3cc(Cl)cc(Cl)c3)CC2)cc(=O)n2nccc12. The highest BCUT2D eigenvalue weighted by atomic mass is 35.5. The molecular formula is C19H19Cl2N5O2. The molecule has 4 rings (SSSR count). The highest BCUT2D eigenvalue weighted by Gasteiger charge is 2.26. The van der Waals surface area contributed by atoms with Crippen LogP contribution in [-0.2, 0) is 7.05 Å². The summed E-state index contributed by atoms with van der Waals surface area (Å²) in [7, 11) is 1.94. The molecule has 3 aromatic rings. The first-order valence-corrected chi connectivity index (χ1v) is 9.73. The van der Waals surface area contributed by atoms with Crippen molar-refractivity contribution in [3.63, 3.8) is 0 Å². The number of anilines is 1. The minimum absolute atomic E-state index is 0.133. The molecule has 3 heterocycles. The van der Waals surface area contributed by atoms with Crippen LogP contribution in [0.25, 0.3) is 5.65 Å². The Morgan fingerprint density at radius 2 is 1.82 bits per heavy atom. The maximum absolute atomic E-state index is 12.6. The van der Waals surface area contributed by atoms with Gasteiger partial charge in [-0.2, -0.15) is 9.61 Å². The van der Waals surface area contributed by atoms with E-state index in [1.807, 2.05) is 17.7 Å². The maximum atomic E-state index is 12.6. The number of fused-ring (bicyclic) bond motifs is 1. The number of aromatic nitrogens is 3. The zero-order valence-electron chi connectivity index (χ0n) is 15.2. The zero-order valence-corrected chi connectivity index (χ0v) is 16.7. The number of likely N-dealkylation sites (tertiary alicyclic amines) is 1. The quantitative estimate of drug-likeness (QED) is 0.687. The smallest absolute Gasteiger partial charge is 0.321 e. The summed E-state index contributed by atoms with van der Waals surface area (Å²) < 4.78 is 3.39. The summed E-state index contributed by atoms with van der Waals surface area (Å²) in [5, 5.41) is 7.84. The topological polar surface area (TPSA) is 71.6 Å². The largest absolute Gasteiger partial charge is 0.333 e. The molecule has 28 heavy (non-hydrogen) atoms. The highest BCUT2D eigenvalue weighted by molar-refractivity contribution is 6.35. The molecular weight excluding hydrogens is 401 g/mol. The van der Waals surface area contributed by atoms with Crippen LogP contribution in [-0.4, -0.2) is 38.2 Å². The predicted octanol–water partition coefficient (Wildman–Crippen LogP) is 3.75. The second kappa shape index (κ2) is 7.48. The van der Waals surface area contributed by atoms with Gasteiger partial charge in [0.15, 0.2) is 0 Å². The van der Waals surface area contributed by atoms with Gasteiger partial charge in [-0.1, -0.05) is 23.2 Å². The van der Waals surface area contributed by atoms with Gasteiger partial charge in [0.25, 0.3) is 5.56 Å². The molecule has 0 saturated carbocycles. The van der Waals surface area contributed by atoms with Crippen LogP contribution in [0.3, 0.4) is 0 Å². The number of rotatable bonds is 2. The van der Waals surface area contributed by atoms with Crippen molar-refractivity contribution in [2.75, 3.05) is 18.4 Å².